The van der Waals surface area contributed by atoms with E-state index >= 15 is 0 Å². The summed E-state index contributed by atoms with van der Waals surface area (Å²) in [5, 5.41) is 2.71. The molecule has 0 atom stereocenters. The molecule has 0 saturated carbocycles. The second-order valence-electron chi connectivity index (χ2n) is 7.29. The molecule has 0 radical (unpaired) electrons. The molecule has 150 valence electrons. The molecular weight excluding hydrogens is 394 g/mol. The van der Waals surface area contributed by atoms with Gasteiger partial charge in [-0.25, -0.2) is 0 Å². The first-order valence-corrected chi connectivity index (χ1v) is 10.00. The van der Waals surface area contributed by atoms with Crippen molar-refractivity contribution in [3.63, 3.8) is 0 Å². The van der Waals surface area contributed by atoms with Crippen LogP contribution < -0.4 is 10.2 Å². The van der Waals surface area contributed by atoms with Crippen LogP contribution >= 0.6 is 12.2 Å². The lowest BCUT2D eigenvalue weighted by atomic mass is 10.1. The molecule has 1 saturated heterocycles. The van der Waals surface area contributed by atoms with Crippen molar-refractivity contribution in [3.05, 3.63) is 88.8 Å². The standard InChI is InChI=1S/C24H21N3O2S/c1-15-9-11-20(12-10-15)26-16(2)13-18(17(26)3)14-21-22(28)25-24(30)27(23(21)29)19-7-5-4-6-8-19/h4-14H,1-3H3,(H,25,28,30)/b21-14+. The predicted molar refractivity (Wildman–Crippen MR) is 123 cm³/mol. The molecule has 1 aromatic heterocycles. The summed E-state index contributed by atoms with van der Waals surface area (Å²) in [6, 6.07) is 19.3. The van der Waals surface area contributed by atoms with Crippen molar-refractivity contribution >= 4 is 40.9 Å². The fraction of sp³-hybridized carbons (Fsp3) is 0.125. The van der Waals surface area contributed by atoms with E-state index in [4.69, 9.17) is 12.2 Å². The summed E-state index contributed by atoms with van der Waals surface area (Å²) < 4.78 is 2.11. The Hall–Kier alpha value is -3.51. The Bertz CT molecular complexity index is 1190. The number of rotatable bonds is 3. The molecule has 1 aliphatic heterocycles. The number of carbonyl (C=O) groups excluding carboxylic acids is 2. The van der Waals surface area contributed by atoms with Gasteiger partial charge in [-0.1, -0.05) is 35.9 Å². The molecule has 0 unspecified atom stereocenters. The van der Waals surface area contributed by atoms with Gasteiger partial charge in [0.05, 0.1) is 5.69 Å². The Morgan fingerprint density at radius 3 is 2.23 bits per heavy atom. The van der Waals surface area contributed by atoms with Crippen LogP contribution in [0.1, 0.15) is 22.5 Å². The van der Waals surface area contributed by atoms with E-state index in [-0.39, 0.29) is 10.7 Å². The number of aromatic nitrogens is 1. The van der Waals surface area contributed by atoms with Crippen molar-refractivity contribution in [1.29, 1.82) is 0 Å². The number of nitrogens with zero attached hydrogens (tertiary/aromatic N) is 2. The van der Waals surface area contributed by atoms with Gasteiger partial charge in [0.2, 0.25) is 0 Å². The molecule has 1 aliphatic rings. The minimum absolute atomic E-state index is 0.0524. The molecule has 2 heterocycles. The highest BCUT2D eigenvalue weighted by atomic mass is 32.1. The lowest BCUT2D eigenvalue weighted by Crippen LogP contribution is -2.54. The molecule has 30 heavy (non-hydrogen) atoms. The number of para-hydroxylation sites is 1. The van der Waals surface area contributed by atoms with E-state index in [0.717, 1.165) is 22.6 Å². The minimum Gasteiger partial charge on any atom is -0.318 e. The van der Waals surface area contributed by atoms with Gasteiger partial charge in [0, 0.05) is 17.1 Å². The van der Waals surface area contributed by atoms with Crippen molar-refractivity contribution in [2.45, 2.75) is 20.8 Å². The van der Waals surface area contributed by atoms with Crippen LogP contribution in [0.25, 0.3) is 11.8 Å². The van der Waals surface area contributed by atoms with E-state index < -0.39 is 11.8 Å². The Balaban J connectivity index is 1.76. The highest BCUT2D eigenvalue weighted by molar-refractivity contribution is 7.80. The number of hydrogen-bond donors (Lipinski definition) is 1. The van der Waals surface area contributed by atoms with Crippen LogP contribution in [0.4, 0.5) is 5.69 Å². The molecule has 4 rings (SSSR count). The van der Waals surface area contributed by atoms with Crippen LogP contribution in [0.3, 0.4) is 0 Å². The third-order valence-corrected chi connectivity index (χ3v) is 5.46. The molecule has 0 spiro atoms. The summed E-state index contributed by atoms with van der Waals surface area (Å²) >= 11 is 5.25. The van der Waals surface area contributed by atoms with Gasteiger partial charge in [0.25, 0.3) is 11.8 Å². The van der Waals surface area contributed by atoms with Crippen molar-refractivity contribution in [2.24, 2.45) is 0 Å². The van der Waals surface area contributed by atoms with E-state index in [2.05, 4.69) is 34.1 Å². The molecule has 2 aromatic carbocycles. The first kappa shape index (κ1) is 19.8. The molecular formula is C24H21N3O2S. The average Bonchev–Trinajstić information content (AvgIpc) is 3.00. The third kappa shape index (κ3) is 3.46. The molecule has 6 heteroatoms. The van der Waals surface area contributed by atoms with E-state index in [9.17, 15) is 9.59 Å². The van der Waals surface area contributed by atoms with Crippen LogP contribution in [0, 0.1) is 20.8 Å². The molecule has 1 fully saturated rings. The van der Waals surface area contributed by atoms with E-state index in [1.54, 1.807) is 18.2 Å². The van der Waals surface area contributed by atoms with Crippen LogP contribution in [-0.2, 0) is 9.59 Å². The van der Waals surface area contributed by atoms with E-state index in [0.29, 0.717) is 5.69 Å². The second kappa shape index (κ2) is 7.72. The van der Waals surface area contributed by atoms with Gasteiger partial charge in [-0.15, -0.1) is 0 Å². The second-order valence-corrected chi connectivity index (χ2v) is 7.68. The van der Waals surface area contributed by atoms with Crippen LogP contribution in [-0.4, -0.2) is 21.5 Å². The van der Waals surface area contributed by atoms with Gasteiger partial charge in [-0.3, -0.25) is 19.8 Å². The fourth-order valence-electron chi connectivity index (χ4n) is 3.65. The minimum atomic E-state index is -0.489. The smallest absolute Gasteiger partial charge is 0.270 e. The van der Waals surface area contributed by atoms with Gasteiger partial charge in [-0.05, 0) is 75.0 Å². The predicted octanol–water partition coefficient (Wildman–Crippen LogP) is 4.23. The number of carbonyl (C=O) groups is 2. The Labute approximate surface area is 180 Å². The highest BCUT2D eigenvalue weighted by Gasteiger charge is 2.34. The van der Waals surface area contributed by atoms with Crippen LogP contribution in [0.5, 0.6) is 0 Å². The summed E-state index contributed by atoms with van der Waals surface area (Å²) in [7, 11) is 0. The average molecular weight is 416 g/mol. The van der Waals surface area contributed by atoms with Crippen molar-refractivity contribution < 1.29 is 9.59 Å². The Kier molecular flexibility index (Phi) is 5.10. The molecule has 2 amide bonds. The molecule has 3 aromatic rings. The number of hydrogen-bond acceptors (Lipinski definition) is 3. The number of anilines is 1. The van der Waals surface area contributed by atoms with Gasteiger partial charge < -0.3 is 4.57 Å². The normalized spacial score (nSPS) is 15.6. The largest absolute Gasteiger partial charge is 0.318 e. The molecule has 0 aliphatic carbocycles. The Morgan fingerprint density at radius 2 is 1.57 bits per heavy atom. The number of amides is 2. The first-order chi connectivity index (χ1) is 14.4. The summed E-state index contributed by atoms with van der Waals surface area (Å²) in [6.07, 6.45) is 1.64. The van der Waals surface area contributed by atoms with E-state index in [1.165, 1.54) is 10.5 Å². The fourth-order valence-corrected chi connectivity index (χ4v) is 3.93. The number of nitrogens with one attached hydrogen (secondary N) is 1. The van der Waals surface area contributed by atoms with E-state index in [1.807, 2.05) is 45.0 Å². The van der Waals surface area contributed by atoms with Crippen LogP contribution in [0.2, 0.25) is 0 Å². The summed E-state index contributed by atoms with van der Waals surface area (Å²) in [5.41, 5.74) is 5.66. The first-order valence-electron chi connectivity index (χ1n) is 9.59. The molecule has 1 N–H and O–H groups in total. The van der Waals surface area contributed by atoms with Crippen LogP contribution in [0.15, 0.2) is 66.2 Å². The quantitative estimate of drug-likeness (QED) is 0.396. The zero-order valence-corrected chi connectivity index (χ0v) is 17.8. The zero-order chi connectivity index (χ0) is 21.4. The van der Waals surface area contributed by atoms with Gasteiger partial charge in [0.15, 0.2) is 5.11 Å². The maximum atomic E-state index is 13.2. The van der Waals surface area contributed by atoms with Crippen molar-refractivity contribution in [3.8, 4) is 5.69 Å². The van der Waals surface area contributed by atoms with Crippen molar-refractivity contribution in [2.75, 3.05) is 4.90 Å². The maximum absolute atomic E-state index is 13.2. The van der Waals surface area contributed by atoms with Gasteiger partial charge in [-0.2, -0.15) is 0 Å². The number of thiocarbonyl (C=S) groups is 1. The monoisotopic (exact) mass is 415 g/mol. The zero-order valence-electron chi connectivity index (χ0n) is 17.0. The third-order valence-electron chi connectivity index (χ3n) is 5.18. The van der Waals surface area contributed by atoms with Crippen molar-refractivity contribution in [1.82, 2.24) is 9.88 Å². The van der Waals surface area contributed by atoms with Gasteiger partial charge in [0.1, 0.15) is 5.57 Å². The Morgan fingerprint density at radius 1 is 0.900 bits per heavy atom. The molecule has 0 bridgehead atoms. The maximum Gasteiger partial charge on any atom is 0.270 e. The highest BCUT2D eigenvalue weighted by Crippen LogP contribution is 2.26. The number of aryl methyl sites for hydroxylation is 2. The SMILES string of the molecule is Cc1ccc(-n2c(C)cc(/C=C3\C(=O)NC(=S)N(c4ccccc4)C3=O)c2C)cc1. The summed E-state index contributed by atoms with van der Waals surface area (Å²) in [5.74, 6) is -0.924. The molecule has 5 nitrogen and oxygen atoms in total. The summed E-state index contributed by atoms with van der Waals surface area (Å²) in [6.45, 7) is 6.03. The number of benzene rings is 2. The van der Waals surface area contributed by atoms with Gasteiger partial charge >= 0.3 is 0 Å². The lowest BCUT2D eigenvalue weighted by molar-refractivity contribution is -0.122. The lowest BCUT2D eigenvalue weighted by Gasteiger charge is -2.28. The summed E-state index contributed by atoms with van der Waals surface area (Å²) in [4.78, 5) is 27.1. The topological polar surface area (TPSA) is 54.3 Å².